The van der Waals surface area contributed by atoms with E-state index < -0.39 is 0 Å². The fraction of sp³-hybridized carbons (Fsp3) is 0.186. The van der Waals surface area contributed by atoms with Crippen LogP contribution in [0.2, 0.25) is 0 Å². The molecule has 0 fully saturated rings. The monoisotopic (exact) mass is 825 g/mol. The number of benzene rings is 5. The lowest BCUT2D eigenvalue weighted by Crippen LogP contribution is -2.23. The summed E-state index contributed by atoms with van der Waals surface area (Å²) in [5.74, 6) is 0.855. The Hall–Kier alpha value is -7.04. The molecule has 2 aromatic heterocycles. The molecule has 5 aromatic carbocycles. The van der Waals surface area contributed by atoms with E-state index in [1.165, 1.54) is 38.9 Å². The van der Waals surface area contributed by atoms with Crippen LogP contribution in [0.4, 0.5) is 11.4 Å². The molecule has 3 aliphatic rings. The van der Waals surface area contributed by atoms with E-state index in [1.54, 1.807) is 0 Å². The van der Waals surface area contributed by atoms with Gasteiger partial charge in [-0.25, -0.2) is 0 Å². The van der Waals surface area contributed by atoms with Crippen molar-refractivity contribution in [2.75, 3.05) is 10.2 Å². The number of anilines is 2. The van der Waals surface area contributed by atoms with Crippen molar-refractivity contribution in [3.63, 3.8) is 0 Å². The standard InChI is InChI=1S/C55H47N3O.2C2H6/c1-4-43(23-16-34-58-49-27-11-9-25-46(49)53-37(2)18-14-28-50(53)58)57-33-13-12-17-38(3)54-51(57)31-30-45-47-36-41(29-32-52(47)59-55(45)54)40-21-15-22-42(35-40)56-48-26-10-8-24-44(48)39-19-6-5-7-20-39;2*1-2/h4-17,19-20,22-34,36-37,40,42,56H,1,3,18,21,35H2,2H3;2*1-2H3/b17-12-,33-13-,34-16-,43-23+;;. The highest BCUT2D eigenvalue weighted by Gasteiger charge is 2.25. The first-order chi connectivity index (χ1) is 31.1. The summed E-state index contributed by atoms with van der Waals surface area (Å²) in [5, 5.41) is 7.41. The fourth-order valence-corrected chi connectivity index (χ4v) is 9.39. The third-order valence-electron chi connectivity index (χ3n) is 12.3. The van der Waals surface area contributed by atoms with Gasteiger partial charge in [-0.05, 0) is 120 Å². The molecule has 0 bridgehead atoms. The van der Waals surface area contributed by atoms with Crippen LogP contribution >= 0.6 is 0 Å². The van der Waals surface area contributed by atoms with Gasteiger partial charge in [0.05, 0.1) is 11.2 Å². The molecule has 10 rings (SSSR count). The zero-order chi connectivity index (χ0) is 43.9. The second-order valence-corrected chi connectivity index (χ2v) is 15.9. The number of furan rings is 1. The van der Waals surface area contributed by atoms with Crippen molar-refractivity contribution in [2.45, 2.75) is 71.8 Å². The summed E-state index contributed by atoms with van der Waals surface area (Å²) in [6.45, 7) is 19.1. The van der Waals surface area contributed by atoms with Gasteiger partial charge in [-0.2, -0.15) is 0 Å². The molecule has 3 unspecified atom stereocenters. The summed E-state index contributed by atoms with van der Waals surface area (Å²) in [6.07, 6.45) is 28.9. The minimum Gasteiger partial charge on any atom is -0.455 e. The van der Waals surface area contributed by atoms with Crippen molar-refractivity contribution >= 4 is 62.1 Å². The van der Waals surface area contributed by atoms with Crippen LogP contribution in [0, 0.1) is 0 Å². The first kappa shape index (κ1) is 42.6. The molecule has 0 saturated carbocycles. The predicted molar refractivity (Wildman–Crippen MR) is 274 cm³/mol. The third-order valence-corrected chi connectivity index (χ3v) is 12.3. The molecule has 2 aliphatic carbocycles. The third kappa shape index (κ3) is 8.34. The van der Waals surface area contributed by atoms with Crippen molar-refractivity contribution in [2.24, 2.45) is 0 Å². The maximum absolute atomic E-state index is 6.77. The minimum absolute atomic E-state index is 0.222. The summed E-state index contributed by atoms with van der Waals surface area (Å²) < 4.78 is 9.08. The molecule has 7 aromatic rings. The molecule has 4 heteroatoms. The van der Waals surface area contributed by atoms with Crippen molar-refractivity contribution < 1.29 is 4.42 Å². The van der Waals surface area contributed by atoms with Crippen molar-refractivity contribution in [3.8, 4) is 11.1 Å². The number of nitrogens with one attached hydrogen (secondary N) is 1. The number of nitrogens with zero attached hydrogens (tertiary/aromatic N) is 2. The van der Waals surface area contributed by atoms with Gasteiger partial charge in [0.25, 0.3) is 0 Å². The van der Waals surface area contributed by atoms with E-state index in [9.17, 15) is 0 Å². The number of para-hydroxylation sites is 2. The van der Waals surface area contributed by atoms with Gasteiger partial charge in [0.1, 0.15) is 11.2 Å². The molecular formula is C59H59N3O. The van der Waals surface area contributed by atoms with E-state index in [1.807, 2.05) is 45.9 Å². The summed E-state index contributed by atoms with van der Waals surface area (Å²) >= 11 is 0. The Bertz CT molecular complexity index is 2960. The highest BCUT2D eigenvalue weighted by Crippen LogP contribution is 2.43. The zero-order valence-corrected chi connectivity index (χ0v) is 37.4. The van der Waals surface area contributed by atoms with Crippen LogP contribution in [0.15, 0.2) is 193 Å². The van der Waals surface area contributed by atoms with Gasteiger partial charge < -0.3 is 19.2 Å². The maximum atomic E-state index is 6.77. The van der Waals surface area contributed by atoms with E-state index in [0.29, 0.717) is 11.8 Å². The highest BCUT2D eigenvalue weighted by atomic mass is 16.3. The molecular weight excluding hydrogens is 767 g/mol. The first-order valence-electron chi connectivity index (χ1n) is 22.8. The molecule has 3 heterocycles. The Labute approximate surface area is 374 Å². The van der Waals surface area contributed by atoms with E-state index in [0.717, 1.165) is 69.4 Å². The Morgan fingerprint density at radius 1 is 0.794 bits per heavy atom. The molecule has 1 N–H and O–H groups in total. The number of rotatable bonds is 8. The summed E-state index contributed by atoms with van der Waals surface area (Å²) in [4.78, 5) is 2.18. The summed E-state index contributed by atoms with van der Waals surface area (Å²) in [7, 11) is 0. The first-order valence-corrected chi connectivity index (χ1v) is 22.8. The molecule has 1 aliphatic heterocycles. The van der Waals surface area contributed by atoms with Gasteiger partial charge in [0.15, 0.2) is 0 Å². The van der Waals surface area contributed by atoms with Gasteiger partial charge in [-0.1, -0.05) is 151 Å². The molecule has 0 amide bonds. The second kappa shape index (κ2) is 19.3. The lowest BCUT2D eigenvalue weighted by atomic mass is 9.84. The second-order valence-electron chi connectivity index (χ2n) is 15.9. The lowest BCUT2D eigenvalue weighted by Gasteiger charge is -2.27. The summed E-state index contributed by atoms with van der Waals surface area (Å²) in [5.41, 5.74) is 14.3. The zero-order valence-electron chi connectivity index (χ0n) is 37.4. The van der Waals surface area contributed by atoms with Crippen LogP contribution in [-0.4, -0.2) is 10.6 Å². The van der Waals surface area contributed by atoms with Crippen molar-refractivity contribution in [1.82, 2.24) is 4.57 Å². The largest absolute Gasteiger partial charge is 0.455 e. The molecule has 316 valence electrons. The van der Waals surface area contributed by atoms with E-state index in [2.05, 4.69) is 199 Å². The molecule has 0 saturated heterocycles. The minimum atomic E-state index is 0.222. The lowest BCUT2D eigenvalue weighted by molar-refractivity contribution is 0.581. The SMILES string of the molecule is C=C/C(=C\C=C/n1c2c(c3ccccc31)C(C)CC=C2)N1/C=C\C=C/C(=C)c2c1ccc1c2oc2ccc(C3CC=CC(Nc4ccccc4-c4ccccc4)C3)cc21.CC.CC. The average molecular weight is 826 g/mol. The number of aromatic nitrogens is 1. The number of hydrogen-bond donors (Lipinski definition) is 1. The van der Waals surface area contributed by atoms with Crippen LogP contribution in [0.3, 0.4) is 0 Å². The van der Waals surface area contributed by atoms with Crippen LogP contribution < -0.4 is 10.2 Å². The number of fused-ring (bicyclic) bond motifs is 8. The highest BCUT2D eigenvalue weighted by molar-refractivity contribution is 6.11. The molecule has 0 spiro atoms. The predicted octanol–water partition coefficient (Wildman–Crippen LogP) is 16.8. The Morgan fingerprint density at radius 2 is 1.59 bits per heavy atom. The Kier molecular flexibility index (Phi) is 13.1. The Morgan fingerprint density at radius 3 is 2.43 bits per heavy atom. The Balaban J connectivity index is 0.00000132. The molecule has 3 atom stereocenters. The van der Waals surface area contributed by atoms with Gasteiger partial charge in [-0.15, -0.1) is 0 Å². The van der Waals surface area contributed by atoms with Gasteiger partial charge in [0, 0.05) is 62.8 Å². The van der Waals surface area contributed by atoms with Crippen LogP contribution in [0.25, 0.3) is 61.8 Å². The van der Waals surface area contributed by atoms with Crippen molar-refractivity contribution in [3.05, 3.63) is 211 Å². The van der Waals surface area contributed by atoms with Gasteiger partial charge >= 0.3 is 0 Å². The van der Waals surface area contributed by atoms with E-state index in [-0.39, 0.29) is 6.04 Å². The normalized spacial score (nSPS) is 19.1. The van der Waals surface area contributed by atoms with Crippen molar-refractivity contribution in [1.29, 1.82) is 0 Å². The average Bonchev–Trinajstić information content (AvgIpc) is 3.87. The van der Waals surface area contributed by atoms with Gasteiger partial charge in [-0.3, -0.25) is 0 Å². The quantitative estimate of drug-likeness (QED) is 0.122. The van der Waals surface area contributed by atoms with E-state index >= 15 is 0 Å². The van der Waals surface area contributed by atoms with Crippen LogP contribution in [-0.2, 0) is 0 Å². The topological polar surface area (TPSA) is 33.3 Å². The summed E-state index contributed by atoms with van der Waals surface area (Å²) in [6, 6.07) is 39.3. The van der Waals surface area contributed by atoms with Gasteiger partial charge in [0.2, 0.25) is 0 Å². The smallest absolute Gasteiger partial charge is 0.145 e. The van der Waals surface area contributed by atoms with E-state index in [4.69, 9.17) is 4.42 Å². The molecule has 63 heavy (non-hydrogen) atoms. The number of hydrogen-bond acceptors (Lipinski definition) is 3. The molecule has 0 radical (unpaired) electrons. The fourth-order valence-electron chi connectivity index (χ4n) is 9.39. The molecule has 4 nitrogen and oxygen atoms in total. The van der Waals surface area contributed by atoms with Crippen LogP contribution in [0.1, 0.15) is 88.1 Å². The number of allylic oxidation sites excluding steroid dienone is 9. The van der Waals surface area contributed by atoms with Crippen LogP contribution in [0.5, 0.6) is 0 Å². The maximum Gasteiger partial charge on any atom is 0.145 e.